The summed E-state index contributed by atoms with van der Waals surface area (Å²) >= 11 is 0. The zero-order valence-electron chi connectivity index (χ0n) is 15.7. The van der Waals surface area contributed by atoms with Crippen molar-refractivity contribution < 1.29 is 46.5 Å². The molecule has 168 valence electrons. The van der Waals surface area contributed by atoms with E-state index in [0.29, 0.717) is 0 Å². The molecule has 2 atom stereocenters. The van der Waals surface area contributed by atoms with Gasteiger partial charge in [0.25, 0.3) is 6.43 Å². The van der Waals surface area contributed by atoms with Gasteiger partial charge in [-0.15, -0.1) is 0 Å². The zero-order chi connectivity index (χ0) is 23.3. The molecule has 2 aromatic rings. The Kier molecular flexibility index (Phi) is 7.80. The molecule has 0 aliphatic rings. The van der Waals surface area contributed by atoms with E-state index in [1.54, 1.807) is 0 Å². The molecule has 5 nitrogen and oxygen atoms in total. The number of alkyl halides is 5. The second-order valence-electron chi connectivity index (χ2n) is 6.58. The van der Waals surface area contributed by atoms with E-state index in [2.05, 4.69) is 4.98 Å². The lowest BCUT2D eigenvalue weighted by atomic mass is 9.96. The van der Waals surface area contributed by atoms with Crippen LogP contribution in [0.5, 0.6) is 0 Å². The van der Waals surface area contributed by atoms with Crippen LogP contribution in [0.1, 0.15) is 36.2 Å². The molecule has 0 fully saturated rings. The molecule has 0 saturated carbocycles. The molecule has 1 aromatic heterocycles. The van der Waals surface area contributed by atoms with Crippen molar-refractivity contribution in [2.45, 2.75) is 37.7 Å². The molecule has 0 saturated heterocycles. The Bertz CT molecular complexity index is 944. The largest absolute Gasteiger partial charge is 0.481 e. The number of pyridine rings is 1. The number of carboxylic acid groups (broad SMARTS) is 1. The molecular formula is C20H17F6NO4. The molecule has 2 rings (SSSR count). The maximum atomic E-state index is 13.6. The van der Waals surface area contributed by atoms with Crippen LogP contribution in [0.3, 0.4) is 0 Å². The third-order valence-corrected chi connectivity index (χ3v) is 4.13. The molecule has 11 heteroatoms. The Morgan fingerprint density at radius 1 is 1.13 bits per heavy atom. The van der Waals surface area contributed by atoms with Crippen LogP contribution < -0.4 is 0 Å². The molecule has 0 aliphatic carbocycles. The first-order valence-corrected chi connectivity index (χ1v) is 8.80. The number of aliphatic carboxylic acids is 1. The molecule has 1 heterocycles. The number of aliphatic hydroxyl groups is 2. The number of aromatic nitrogens is 1. The van der Waals surface area contributed by atoms with Crippen molar-refractivity contribution in [3.8, 4) is 11.1 Å². The molecule has 0 radical (unpaired) electrons. The summed E-state index contributed by atoms with van der Waals surface area (Å²) in [5, 5.41) is 28.1. The van der Waals surface area contributed by atoms with Gasteiger partial charge in [-0.25, -0.2) is 18.2 Å². The summed E-state index contributed by atoms with van der Waals surface area (Å²) in [4.78, 5) is 13.6. The van der Waals surface area contributed by atoms with E-state index in [0.717, 1.165) is 42.5 Å². The molecule has 31 heavy (non-hydrogen) atoms. The van der Waals surface area contributed by atoms with Gasteiger partial charge in [-0.3, -0.25) is 4.79 Å². The highest BCUT2D eigenvalue weighted by molar-refractivity contribution is 5.77. The van der Waals surface area contributed by atoms with Crippen LogP contribution in [0.4, 0.5) is 26.3 Å². The third kappa shape index (κ3) is 6.79. The van der Waals surface area contributed by atoms with E-state index in [1.807, 2.05) is 0 Å². The van der Waals surface area contributed by atoms with Gasteiger partial charge < -0.3 is 15.3 Å². The normalized spacial score (nSPS) is 14.2. The molecule has 0 amide bonds. The second kappa shape index (κ2) is 9.92. The Hall–Kier alpha value is -2.92. The summed E-state index contributed by atoms with van der Waals surface area (Å²) in [6.45, 7) is 0. The summed E-state index contributed by atoms with van der Waals surface area (Å²) in [5.41, 5.74) is -3.76. The van der Waals surface area contributed by atoms with Gasteiger partial charge in [0.05, 0.1) is 18.6 Å². The predicted octanol–water partition coefficient (Wildman–Crippen LogP) is 4.44. The van der Waals surface area contributed by atoms with E-state index in [1.165, 1.54) is 0 Å². The first-order chi connectivity index (χ1) is 14.4. The Morgan fingerprint density at radius 2 is 1.74 bits per heavy atom. The van der Waals surface area contributed by atoms with Gasteiger partial charge >= 0.3 is 12.1 Å². The van der Waals surface area contributed by atoms with Crippen LogP contribution in [0.15, 0.2) is 36.4 Å². The minimum absolute atomic E-state index is 0.00347. The van der Waals surface area contributed by atoms with Gasteiger partial charge in [-0.2, -0.15) is 13.2 Å². The average molecular weight is 449 g/mol. The highest BCUT2D eigenvalue weighted by atomic mass is 19.4. The minimum atomic E-state index is -5.13. The van der Waals surface area contributed by atoms with Crippen molar-refractivity contribution >= 4 is 12.0 Å². The summed E-state index contributed by atoms with van der Waals surface area (Å²) < 4.78 is 80.2. The quantitative estimate of drug-likeness (QED) is 0.519. The molecule has 0 spiro atoms. The number of halogens is 6. The molecule has 0 aliphatic heterocycles. The van der Waals surface area contributed by atoms with Gasteiger partial charge in [0.1, 0.15) is 11.5 Å². The van der Waals surface area contributed by atoms with Gasteiger partial charge in [0, 0.05) is 12.0 Å². The maximum absolute atomic E-state index is 13.6. The van der Waals surface area contributed by atoms with Crippen molar-refractivity contribution in [3.05, 3.63) is 59.2 Å². The van der Waals surface area contributed by atoms with E-state index < -0.39 is 66.4 Å². The number of rotatable bonds is 8. The fourth-order valence-corrected chi connectivity index (χ4v) is 2.79. The SMILES string of the molecule is O=C(O)C[C@@H](O)C[C@@H](O)/C=C/c1c(-c2ccc(F)cc2)cc(C(F)F)nc1C(F)(F)F. The molecule has 1 aromatic carbocycles. The van der Waals surface area contributed by atoms with Crippen LogP contribution in [-0.4, -0.2) is 38.5 Å². The summed E-state index contributed by atoms with van der Waals surface area (Å²) in [6.07, 6.45) is -11.0. The van der Waals surface area contributed by atoms with Crippen LogP contribution in [0, 0.1) is 5.82 Å². The number of carbonyl (C=O) groups is 1. The Labute approximate surface area is 172 Å². The second-order valence-corrected chi connectivity index (χ2v) is 6.58. The van der Waals surface area contributed by atoms with Crippen molar-refractivity contribution in [2.24, 2.45) is 0 Å². The van der Waals surface area contributed by atoms with Gasteiger partial charge in [-0.1, -0.05) is 24.3 Å². The molecule has 3 N–H and O–H groups in total. The Morgan fingerprint density at radius 3 is 2.26 bits per heavy atom. The van der Waals surface area contributed by atoms with Crippen molar-refractivity contribution in [1.82, 2.24) is 4.98 Å². The smallest absolute Gasteiger partial charge is 0.433 e. The third-order valence-electron chi connectivity index (χ3n) is 4.13. The van der Waals surface area contributed by atoms with Gasteiger partial charge in [0.15, 0.2) is 5.69 Å². The lowest BCUT2D eigenvalue weighted by molar-refractivity contribution is -0.142. The fraction of sp³-hybridized carbons (Fsp3) is 0.300. The average Bonchev–Trinajstić information content (AvgIpc) is 2.64. The van der Waals surface area contributed by atoms with Crippen molar-refractivity contribution in [1.29, 1.82) is 0 Å². The number of hydrogen-bond donors (Lipinski definition) is 3. The lowest BCUT2D eigenvalue weighted by Crippen LogP contribution is -2.19. The number of hydrogen-bond acceptors (Lipinski definition) is 4. The van der Waals surface area contributed by atoms with Crippen LogP contribution in [-0.2, 0) is 11.0 Å². The highest BCUT2D eigenvalue weighted by Crippen LogP contribution is 2.38. The highest BCUT2D eigenvalue weighted by Gasteiger charge is 2.37. The van der Waals surface area contributed by atoms with Crippen molar-refractivity contribution in [2.75, 3.05) is 0 Å². The van der Waals surface area contributed by atoms with Crippen LogP contribution in [0.25, 0.3) is 17.2 Å². The molecular weight excluding hydrogens is 432 g/mol. The van der Waals surface area contributed by atoms with Gasteiger partial charge in [-0.05, 0) is 29.3 Å². The number of nitrogens with zero attached hydrogens (tertiary/aromatic N) is 1. The topological polar surface area (TPSA) is 90.7 Å². The summed E-state index contributed by atoms with van der Waals surface area (Å²) in [7, 11) is 0. The summed E-state index contributed by atoms with van der Waals surface area (Å²) in [6, 6.07) is 4.82. The maximum Gasteiger partial charge on any atom is 0.433 e. The van der Waals surface area contributed by atoms with E-state index in [9.17, 15) is 41.4 Å². The number of carboxylic acids is 1. The lowest BCUT2D eigenvalue weighted by Gasteiger charge is -2.17. The van der Waals surface area contributed by atoms with Crippen LogP contribution in [0.2, 0.25) is 0 Å². The predicted molar refractivity (Wildman–Crippen MR) is 97.5 cm³/mol. The first kappa shape index (κ1) is 24.4. The first-order valence-electron chi connectivity index (χ1n) is 8.80. The molecule has 0 unspecified atom stereocenters. The van der Waals surface area contributed by atoms with E-state index >= 15 is 0 Å². The number of benzene rings is 1. The summed E-state index contributed by atoms with van der Waals surface area (Å²) in [5.74, 6) is -2.03. The minimum Gasteiger partial charge on any atom is -0.481 e. The number of aliphatic hydroxyl groups excluding tert-OH is 2. The van der Waals surface area contributed by atoms with E-state index in [4.69, 9.17) is 5.11 Å². The van der Waals surface area contributed by atoms with E-state index in [-0.39, 0.29) is 11.1 Å². The fourth-order valence-electron chi connectivity index (χ4n) is 2.79. The van der Waals surface area contributed by atoms with Gasteiger partial charge in [0.2, 0.25) is 0 Å². The molecule has 0 bridgehead atoms. The zero-order valence-corrected chi connectivity index (χ0v) is 15.7. The standard InChI is InChI=1S/C20H17F6NO4/c21-11-3-1-10(2-4-11)15-9-16(19(22)23)27-18(20(24,25)26)14(15)6-5-12(28)7-13(29)8-17(30)31/h1-6,9,12-13,19,28-29H,7-8H2,(H,30,31)/b6-5+/t12-,13-/m0/s1. The van der Waals surface area contributed by atoms with Crippen molar-refractivity contribution in [3.63, 3.8) is 0 Å². The monoisotopic (exact) mass is 449 g/mol. The Balaban J connectivity index is 2.57. The van der Waals surface area contributed by atoms with Crippen LogP contribution >= 0.6 is 0 Å².